The highest BCUT2D eigenvalue weighted by Gasteiger charge is 2.12. The minimum Gasteiger partial charge on any atom is -0.352 e. The lowest BCUT2D eigenvalue weighted by molar-refractivity contribution is 0.0989. The number of benzene rings is 2. The summed E-state index contributed by atoms with van der Waals surface area (Å²) < 4.78 is 0. The number of Topliss-reactive ketones (excluding diaryl/α,β-unsaturated/α-hetero) is 1. The van der Waals surface area contributed by atoms with Gasteiger partial charge in [-0.15, -0.1) is 0 Å². The Bertz CT molecular complexity index is 1640. The summed E-state index contributed by atoms with van der Waals surface area (Å²) in [5.74, 6) is 1.26. The van der Waals surface area contributed by atoms with Gasteiger partial charge in [-0.05, 0) is 47.5 Å². The molecule has 6 rings (SSSR count). The molecule has 3 N–H and O–H groups in total. The van der Waals surface area contributed by atoms with E-state index in [2.05, 4.69) is 40.7 Å². The molecule has 0 saturated heterocycles. The van der Waals surface area contributed by atoms with Crippen LogP contribution in [-0.4, -0.2) is 41.1 Å². The van der Waals surface area contributed by atoms with Crippen LogP contribution in [0.5, 0.6) is 0 Å². The second kappa shape index (κ2) is 9.22. The fourth-order valence-electron chi connectivity index (χ4n) is 3.99. The van der Waals surface area contributed by atoms with E-state index in [1.807, 2.05) is 60.8 Å². The molecule has 0 bridgehead atoms. The van der Waals surface area contributed by atoms with Crippen molar-refractivity contribution in [2.24, 2.45) is 0 Å². The lowest BCUT2D eigenvalue weighted by Gasteiger charge is -2.08. The lowest BCUT2D eigenvalue weighted by Crippen LogP contribution is -2.04. The molecule has 4 heterocycles. The number of aromatic amines is 2. The number of aromatic nitrogens is 7. The van der Waals surface area contributed by atoms with Crippen LogP contribution >= 0.6 is 0 Å². The summed E-state index contributed by atoms with van der Waals surface area (Å²) in [6.45, 7) is 0. The Morgan fingerprint density at radius 2 is 1.75 bits per heavy atom. The van der Waals surface area contributed by atoms with Crippen LogP contribution in [0.2, 0.25) is 0 Å². The van der Waals surface area contributed by atoms with Crippen LogP contribution in [0.3, 0.4) is 0 Å². The molecule has 36 heavy (non-hydrogen) atoms. The average Bonchev–Trinajstić information content (AvgIpc) is 3.60. The highest BCUT2D eigenvalue weighted by atomic mass is 16.1. The minimum absolute atomic E-state index is 0.0121. The number of anilines is 2. The largest absolute Gasteiger partial charge is 0.352 e. The second-order valence-corrected chi connectivity index (χ2v) is 8.29. The molecule has 0 atom stereocenters. The number of hydrogen-bond donors (Lipinski definition) is 3. The van der Waals surface area contributed by atoms with Gasteiger partial charge in [-0.3, -0.25) is 9.89 Å². The normalized spacial score (nSPS) is 11.0. The van der Waals surface area contributed by atoms with Gasteiger partial charge >= 0.3 is 0 Å². The number of rotatable bonds is 7. The summed E-state index contributed by atoms with van der Waals surface area (Å²) in [4.78, 5) is 25.1. The number of fused-ring (bicyclic) bond motifs is 1. The topological polar surface area (TPSA) is 125 Å². The highest BCUT2D eigenvalue weighted by Crippen LogP contribution is 2.25. The summed E-state index contributed by atoms with van der Waals surface area (Å²) in [7, 11) is 0. The Morgan fingerprint density at radius 3 is 2.56 bits per heavy atom. The van der Waals surface area contributed by atoms with Crippen LogP contribution in [0.25, 0.3) is 33.4 Å². The van der Waals surface area contributed by atoms with Gasteiger partial charge in [0.25, 0.3) is 0 Å². The van der Waals surface area contributed by atoms with Crippen molar-refractivity contribution in [2.45, 2.75) is 6.42 Å². The van der Waals surface area contributed by atoms with E-state index in [-0.39, 0.29) is 12.2 Å². The monoisotopic (exact) mass is 472 g/mol. The van der Waals surface area contributed by atoms with Crippen LogP contribution < -0.4 is 5.32 Å². The maximum Gasteiger partial charge on any atom is 0.183 e. The molecule has 0 aliphatic carbocycles. The molecule has 174 valence electrons. The van der Waals surface area contributed by atoms with E-state index in [0.717, 1.165) is 38.8 Å². The first-order valence-electron chi connectivity index (χ1n) is 11.3. The zero-order chi connectivity index (χ0) is 24.3. The van der Waals surface area contributed by atoms with Gasteiger partial charge in [0.05, 0.1) is 18.1 Å². The molecule has 0 unspecified atom stereocenters. The predicted octanol–water partition coefficient (Wildman–Crippen LogP) is 4.97. The van der Waals surface area contributed by atoms with Gasteiger partial charge in [0.1, 0.15) is 5.82 Å². The van der Waals surface area contributed by atoms with E-state index < -0.39 is 0 Å². The number of H-pyrrole nitrogens is 2. The van der Waals surface area contributed by atoms with E-state index in [9.17, 15) is 4.79 Å². The molecule has 9 heteroatoms. The highest BCUT2D eigenvalue weighted by molar-refractivity contribution is 6.01. The van der Waals surface area contributed by atoms with Crippen LogP contribution in [0.1, 0.15) is 16.1 Å². The zero-order valence-corrected chi connectivity index (χ0v) is 19.0. The van der Waals surface area contributed by atoms with Gasteiger partial charge < -0.3 is 10.3 Å². The minimum atomic E-state index is -0.0121. The third kappa shape index (κ3) is 4.45. The first-order chi connectivity index (χ1) is 17.7. The Morgan fingerprint density at radius 1 is 0.861 bits per heavy atom. The molecule has 2 aromatic carbocycles. The van der Waals surface area contributed by atoms with E-state index in [0.29, 0.717) is 17.3 Å². The molecule has 0 fully saturated rings. The van der Waals surface area contributed by atoms with Gasteiger partial charge in [0, 0.05) is 52.7 Å². The summed E-state index contributed by atoms with van der Waals surface area (Å²) >= 11 is 0. The Balaban J connectivity index is 1.21. The SMILES string of the molecule is O=C(Cc1ccnnc1)c1cc2ccc(-c3nccc(Nc4ccc(-c5cn[nH]c5)cc4)n3)cc2[nH]1. The maximum absolute atomic E-state index is 12.7. The summed E-state index contributed by atoms with van der Waals surface area (Å²) in [5, 5.41) is 18.7. The number of hydrogen-bond acceptors (Lipinski definition) is 7. The third-order valence-electron chi connectivity index (χ3n) is 5.84. The van der Waals surface area contributed by atoms with Crippen molar-refractivity contribution in [1.82, 2.24) is 35.3 Å². The number of nitrogens with zero attached hydrogens (tertiary/aromatic N) is 5. The van der Waals surface area contributed by atoms with E-state index >= 15 is 0 Å². The molecule has 0 radical (unpaired) electrons. The van der Waals surface area contributed by atoms with E-state index in [4.69, 9.17) is 0 Å². The number of carbonyl (C=O) groups is 1. The first kappa shape index (κ1) is 21.4. The van der Waals surface area contributed by atoms with Crippen molar-refractivity contribution in [2.75, 3.05) is 5.32 Å². The molecule has 0 aliphatic rings. The van der Waals surface area contributed by atoms with Crippen LogP contribution in [0, 0.1) is 0 Å². The molecular weight excluding hydrogens is 452 g/mol. The van der Waals surface area contributed by atoms with Crippen molar-refractivity contribution in [1.29, 1.82) is 0 Å². The van der Waals surface area contributed by atoms with E-state index in [1.165, 1.54) is 0 Å². The van der Waals surface area contributed by atoms with Crippen molar-refractivity contribution in [3.8, 4) is 22.5 Å². The number of nitrogens with one attached hydrogen (secondary N) is 3. The molecule has 0 aliphatic heterocycles. The van der Waals surface area contributed by atoms with Gasteiger partial charge in [0.2, 0.25) is 0 Å². The van der Waals surface area contributed by atoms with Crippen molar-refractivity contribution >= 4 is 28.2 Å². The lowest BCUT2D eigenvalue weighted by atomic mass is 10.1. The maximum atomic E-state index is 12.7. The molecule has 0 spiro atoms. The molecule has 9 nitrogen and oxygen atoms in total. The quantitative estimate of drug-likeness (QED) is 0.280. The fourth-order valence-corrected chi connectivity index (χ4v) is 3.99. The van der Waals surface area contributed by atoms with Gasteiger partial charge in [-0.1, -0.05) is 24.3 Å². The van der Waals surface area contributed by atoms with Crippen LogP contribution in [0.15, 0.2) is 91.6 Å². The van der Waals surface area contributed by atoms with Gasteiger partial charge in [0.15, 0.2) is 11.6 Å². The van der Waals surface area contributed by atoms with Crippen LogP contribution in [-0.2, 0) is 6.42 Å². The molecule has 4 aromatic heterocycles. The molecule has 0 saturated carbocycles. The number of ketones is 1. The van der Waals surface area contributed by atoms with Crippen molar-refractivity contribution < 1.29 is 4.79 Å². The zero-order valence-electron chi connectivity index (χ0n) is 19.0. The molecule has 0 amide bonds. The predicted molar refractivity (Wildman–Crippen MR) is 137 cm³/mol. The van der Waals surface area contributed by atoms with Gasteiger partial charge in [-0.2, -0.15) is 15.3 Å². The van der Waals surface area contributed by atoms with E-state index in [1.54, 1.807) is 30.9 Å². The second-order valence-electron chi connectivity index (χ2n) is 8.29. The van der Waals surface area contributed by atoms with Crippen LogP contribution in [0.4, 0.5) is 11.5 Å². The Kier molecular flexibility index (Phi) is 5.47. The van der Waals surface area contributed by atoms with Gasteiger partial charge in [-0.25, -0.2) is 9.97 Å². The van der Waals surface area contributed by atoms with Crippen molar-refractivity contribution in [3.63, 3.8) is 0 Å². The third-order valence-corrected chi connectivity index (χ3v) is 5.84. The smallest absolute Gasteiger partial charge is 0.183 e. The molecule has 6 aromatic rings. The summed E-state index contributed by atoms with van der Waals surface area (Å²) in [5.41, 5.74) is 6.09. The first-order valence-corrected chi connectivity index (χ1v) is 11.3. The fraction of sp³-hybridized carbons (Fsp3) is 0.0370. The summed E-state index contributed by atoms with van der Waals surface area (Å²) in [6, 6.07) is 19.4. The summed E-state index contributed by atoms with van der Waals surface area (Å²) in [6.07, 6.45) is 8.81. The average molecular weight is 473 g/mol. The Hall–Kier alpha value is -5.18. The van der Waals surface area contributed by atoms with Crippen molar-refractivity contribution in [3.05, 3.63) is 103 Å². The molecular formula is C27H20N8O. The standard InChI is InChI=1S/C27H20N8O/c36-25(11-17-7-10-29-30-14-17)24-12-19-1-2-20(13-23(19)34-24)27-28-9-8-26(35-27)33-22-5-3-18(4-6-22)21-15-31-32-16-21/h1-10,12-16,34H,11H2,(H,31,32)(H,28,33,35). The Labute approximate surface area is 205 Å². The number of carbonyl (C=O) groups excluding carboxylic acids is 1.